The van der Waals surface area contributed by atoms with E-state index in [-0.39, 0.29) is 86.9 Å². The van der Waals surface area contributed by atoms with Crippen LogP contribution in [0.2, 0.25) is 0 Å². The summed E-state index contributed by atoms with van der Waals surface area (Å²) in [5.74, 6) is -4.56. The van der Waals surface area contributed by atoms with Gasteiger partial charge < -0.3 is 78.5 Å². The SMILES string of the molecule is CCCCCCOc1ccc(CCOC(=O)CC[C@H](NC(=O)CC[C@@H](NC(=O)c2ccc(N(Cc3cnc4nc(N)[nH]c(=O)c4n3)C(=O)C(F)(F)F)cc2)C(=O)N[C@@H](CCC(=O)OCCc2ccc(OCCCCCC)c(OCCCCCC)c2)C(=O)OCCc2ccc(OCCCCCC)c(OCCCCCC)c2)C(=O)OCCc2ccc(OCCCCCC)c(OCCCCCC)c2)cc1OCCCCCC. The number of nitrogen functional groups attached to an aromatic ring is 1. The van der Waals surface area contributed by atoms with Gasteiger partial charge in [-0.3, -0.25) is 43.4 Å². The Bertz CT molecular complexity index is 5000. The molecule has 2 heterocycles. The number of ether oxygens (including phenoxy) is 12. The van der Waals surface area contributed by atoms with Crippen LogP contribution in [0.1, 0.15) is 338 Å². The van der Waals surface area contributed by atoms with E-state index in [9.17, 15) is 51.5 Å². The first-order chi connectivity index (χ1) is 69.9. The van der Waals surface area contributed by atoms with Crippen LogP contribution in [0.4, 0.5) is 24.8 Å². The lowest BCUT2D eigenvalue weighted by Gasteiger charge is -2.24. The number of unbranched alkanes of at least 4 members (excludes halogenated alkanes) is 24. The van der Waals surface area contributed by atoms with E-state index >= 15 is 4.79 Å². The molecule has 0 fully saturated rings. The molecule has 6 N–H and O–H groups in total. The fraction of sp³-hybridized carbons (Fsp3) is 0.604. The van der Waals surface area contributed by atoms with Crippen molar-refractivity contribution in [1.82, 2.24) is 35.9 Å². The summed E-state index contributed by atoms with van der Waals surface area (Å²) in [7, 11) is 0. The first kappa shape index (κ1) is 119. The minimum Gasteiger partial charge on any atom is -0.490 e. The van der Waals surface area contributed by atoms with Gasteiger partial charge in [0.05, 0.1) is 97.7 Å². The quantitative estimate of drug-likeness (QED) is 0.0134. The summed E-state index contributed by atoms with van der Waals surface area (Å²) in [4.78, 5) is 144. The van der Waals surface area contributed by atoms with Crippen LogP contribution in [0.25, 0.3) is 11.2 Å². The third kappa shape index (κ3) is 46.4. The van der Waals surface area contributed by atoms with Gasteiger partial charge in [0.1, 0.15) is 18.1 Å². The van der Waals surface area contributed by atoms with E-state index < -0.39 is 122 Å². The Hall–Kier alpha value is -11.9. The van der Waals surface area contributed by atoms with Crippen LogP contribution in [0, 0.1) is 0 Å². The predicted molar refractivity (Wildman–Crippen MR) is 550 cm³/mol. The van der Waals surface area contributed by atoms with Crippen molar-refractivity contribution in [2.24, 2.45) is 0 Å². The summed E-state index contributed by atoms with van der Waals surface area (Å²) in [5, 5.41) is 7.99. The van der Waals surface area contributed by atoms with E-state index in [1.165, 1.54) is 0 Å². The van der Waals surface area contributed by atoms with Crippen LogP contribution in [0.5, 0.6) is 46.0 Å². The number of esters is 4. The van der Waals surface area contributed by atoms with Crippen molar-refractivity contribution in [2.45, 2.75) is 356 Å². The van der Waals surface area contributed by atoms with Crippen molar-refractivity contribution in [3.8, 4) is 46.0 Å². The molecule has 0 aliphatic rings. The van der Waals surface area contributed by atoms with Crippen LogP contribution >= 0.6 is 0 Å². The average Bonchev–Trinajstić information content (AvgIpc) is 0.795. The lowest BCUT2D eigenvalue weighted by atomic mass is 10.1. The van der Waals surface area contributed by atoms with Crippen molar-refractivity contribution in [3.05, 3.63) is 147 Å². The molecule has 796 valence electrons. The largest absolute Gasteiger partial charge is 0.490 e. The third-order valence-electron chi connectivity index (χ3n) is 24.2. The van der Waals surface area contributed by atoms with Crippen molar-refractivity contribution >= 4 is 70.3 Å². The molecule has 0 unspecified atom stereocenters. The van der Waals surface area contributed by atoms with Crippen LogP contribution in [-0.2, 0) is 84.7 Å². The number of fused-ring (bicyclic) bond motifs is 1. The number of amides is 4. The van der Waals surface area contributed by atoms with E-state index in [4.69, 9.17) is 62.6 Å². The molecule has 0 saturated carbocycles. The number of halogens is 3. The molecule has 3 atom stereocenters. The maximum Gasteiger partial charge on any atom is 0.471 e. The zero-order valence-corrected chi connectivity index (χ0v) is 86.5. The predicted octanol–water partition coefficient (Wildman–Crippen LogP) is 21.6. The summed E-state index contributed by atoms with van der Waals surface area (Å²) < 4.78 is 117. The van der Waals surface area contributed by atoms with Gasteiger partial charge >= 0.3 is 36.0 Å². The molecule has 7 rings (SSSR count). The summed E-state index contributed by atoms with van der Waals surface area (Å²) in [6.07, 6.45) is 25.4. The number of rotatable bonds is 79. The second kappa shape index (κ2) is 69.9. The van der Waals surface area contributed by atoms with E-state index in [0.717, 1.165) is 253 Å². The molecule has 0 saturated heterocycles. The molecule has 4 amide bonds. The molecular formula is C111H160F3N9O21. The number of aromatic amines is 1. The van der Waals surface area contributed by atoms with Crippen LogP contribution < -0.4 is 70.0 Å². The first-order valence-electron chi connectivity index (χ1n) is 53.0. The number of carbonyl (C=O) groups is 8. The lowest BCUT2D eigenvalue weighted by molar-refractivity contribution is -0.170. The normalized spacial score (nSPS) is 11.9. The van der Waals surface area contributed by atoms with Crippen molar-refractivity contribution in [3.63, 3.8) is 0 Å². The molecule has 0 bridgehead atoms. The number of nitrogens with zero attached hydrogens (tertiary/aromatic N) is 4. The zero-order valence-electron chi connectivity index (χ0n) is 86.5. The number of benzene rings is 5. The molecule has 30 nitrogen and oxygen atoms in total. The zero-order chi connectivity index (χ0) is 104. The molecule has 0 spiro atoms. The molecule has 2 aromatic heterocycles. The highest BCUT2D eigenvalue weighted by atomic mass is 19.4. The number of H-pyrrole nitrogens is 1. The van der Waals surface area contributed by atoms with Gasteiger partial charge in [-0.2, -0.15) is 18.2 Å². The Morgan fingerprint density at radius 2 is 0.701 bits per heavy atom. The molecule has 0 aliphatic heterocycles. The van der Waals surface area contributed by atoms with Gasteiger partial charge in [-0.1, -0.05) is 234 Å². The van der Waals surface area contributed by atoms with Crippen LogP contribution in [0.15, 0.2) is 108 Å². The van der Waals surface area contributed by atoms with Gasteiger partial charge in [-0.25, -0.2) is 19.6 Å². The Kier molecular flexibility index (Phi) is 57.8. The average molecular weight is 2010 g/mol. The summed E-state index contributed by atoms with van der Waals surface area (Å²) in [5.41, 5.74) is 6.28. The second-order valence-electron chi connectivity index (χ2n) is 36.4. The third-order valence-corrected chi connectivity index (χ3v) is 24.2. The number of aromatic nitrogens is 4. The Morgan fingerprint density at radius 3 is 1.04 bits per heavy atom. The smallest absolute Gasteiger partial charge is 0.471 e. The van der Waals surface area contributed by atoms with Crippen molar-refractivity contribution in [2.75, 3.05) is 89.9 Å². The minimum absolute atomic E-state index is 0.0677. The van der Waals surface area contributed by atoms with E-state index in [2.05, 4.69) is 91.3 Å². The lowest BCUT2D eigenvalue weighted by Crippen LogP contribution is -2.52. The highest BCUT2D eigenvalue weighted by molar-refractivity contribution is 6.00. The molecule has 5 aromatic carbocycles. The molecule has 144 heavy (non-hydrogen) atoms. The van der Waals surface area contributed by atoms with E-state index in [0.29, 0.717) is 109 Å². The first-order valence-corrected chi connectivity index (χ1v) is 53.0. The molecule has 7 aromatic rings. The van der Waals surface area contributed by atoms with Gasteiger partial charge in [-0.05, 0) is 166 Å². The topological polar surface area (TPSA) is 384 Å². The van der Waals surface area contributed by atoms with Gasteiger partial charge in [-0.15, -0.1) is 0 Å². The molecular weight excluding hydrogens is 1850 g/mol. The van der Waals surface area contributed by atoms with Crippen molar-refractivity contribution < 1.29 is 108 Å². The van der Waals surface area contributed by atoms with Gasteiger partial charge in [0.2, 0.25) is 17.8 Å². The Morgan fingerprint density at radius 1 is 0.375 bits per heavy atom. The summed E-state index contributed by atoms with van der Waals surface area (Å²) >= 11 is 0. The minimum atomic E-state index is -5.47. The maximum atomic E-state index is 15.4. The van der Waals surface area contributed by atoms with Crippen LogP contribution in [-0.4, -0.2) is 171 Å². The fourth-order valence-corrected chi connectivity index (χ4v) is 15.7. The number of nitrogens with one attached hydrogen (secondary N) is 4. The van der Waals surface area contributed by atoms with Crippen molar-refractivity contribution in [1.29, 1.82) is 0 Å². The monoisotopic (exact) mass is 2010 g/mol. The Balaban J connectivity index is 1.21. The number of hydrogen-bond acceptors (Lipinski definition) is 25. The molecule has 0 aliphatic carbocycles. The van der Waals surface area contributed by atoms with Gasteiger partial charge in [0.15, 0.2) is 57.2 Å². The summed E-state index contributed by atoms with van der Waals surface area (Å²) in [6.45, 7) is 19.4. The molecule has 0 radical (unpaired) electrons. The van der Waals surface area contributed by atoms with Gasteiger partial charge in [0, 0.05) is 56.2 Å². The van der Waals surface area contributed by atoms with E-state index in [1.807, 2.05) is 66.7 Å². The highest BCUT2D eigenvalue weighted by Crippen LogP contribution is 2.35. The van der Waals surface area contributed by atoms with Crippen LogP contribution in [0.3, 0.4) is 0 Å². The summed E-state index contributed by atoms with van der Waals surface area (Å²) in [6, 6.07) is 21.3. The number of anilines is 2. The Labute approximate surface area is 849 Å². The second-order valence-corrected chi connectivity index (χ2v) is 36.4. The maximum absolute atomic E-state index is 15.4. The number of alkyl halides is 3. The fourth-order valence-electron chi connectivity index (χ4n) is 15.7. The highest BCUT2D eigenvalue weighted by Gasteiger charge is 2.44. The number of hydrogen-bond donors (Lipinski definition) is 5. The number of carbonyl (C=O) groups excluding carboxylic acids is 8. The number of nitrogens with two attached hydrogens (primary N) is 1. The van der Waals surface area contributed by atoms with Gasteiger partial charge in [0.25, 0.3) is 11.5 Å². The molecule has 33 heteroatoms. The van der Waals surface area contributed by atoms with E-state index in [1.54, 1.807) is 6.07 Å². The standard InChI is InChI=1S/C111H160F3N9O21/c1-9-17-25-33-63-133-91-52-41-81(75-95(91)137-67-37-29-21-13-5)59-71-141-100(125)57-50-89(107(130)143-73-61-83-43-54-93(135-65-35-27-19-11-3)97(77-83)139-69-39-31-23-15-7)118-99(124)56-49-88(119-104(127)85-45-47-87(48-46-85)123(109(132)111(112,113)114)80-86-79-116-103-102(117-86)106(129)122-110(115)121-103)105(128)120-90(108(131)144-74-62-84-44-55-94(136-66-36-28-20-12-4)98(78-84)140-70-40-32-24-16-8)51-58-101(126)142-72-60-82-42-53-92(134-64-34-26-18-10-2)96(76-82)138-68-38-30-22-14-6/h41-48,52-55,75-79,88-90H,9-40,49-51,56-74,80H2,1-8H3,(H,118,124)(H,119,127)(H,120,128)(H3,115,116,121,122,129)/t88-,89+,90+/m1/s1.